The van der Waals surface area contributed by atoms with Crippen LogP contribution in [0.25, 0.3) is 77.2 Å². The molecule has 7 aromatic carbocycles. The highest BCUT2D eigenvalue weighted by atomic mass is 15.0. The number of fused-ring (bicyclic) bond motifs is 6. The van der Waals surface area contributed by atoms with E-state index in [1.165, 1.54) is 43.6 Å². The average Bonchev–Trinajstić information content (AvgIpc) is 3.65. The van der Waals surface area contributed by atoms with Gasteiger partial charge in [-0.1, -0.05) is 121 Å². The Morgan fingerprint density at radius 2 is 0.826 bits per heavy atom. The van der Waals surface area contributed by atoms with Crippen LogP contribution < -0.4 is 0 Å². The second kappa shape index (κ2) is 10.4. The molecule has 0 saturated carbocycles. The quantitative estimate of drug-likeness (QED) is 0.202. The van der Waals surface area contributed by atoms with Gasteiger partial charge in [0, 0.05) is 32.8 Å². The highest BCUT2D eigenvalue weighted by Crippen LogP contribution is 2.39. The van der Waals surface area contributed by atoms with Gasteiger partial charge in [0.05, 0.1) is 39.4 Å². The van der Waals surface area contributed by atoms with Crippen molar-refractivity contribution in [2.75, 3.05) is 0 Å². The van der Waals surface area contributed by atoms with E-state index >= 15 is 0 Å². The topological polar surface area (TPSA) is 33.6 Å². The molecule has 0 fully saturated rings. The summed E-state index contributed by atoms with van der Waals surface area (Å²) < 4.78 is 4.80. The highest BCUT2D eigenvalue weighted by molar-refractivity contribution is 6.11. The van der Waals surface area contributed by atoms with E-state index in [1.54, 1.807) is 0 Å². The summed E-state index contributed by atoms with van der Waals surface area (Å²) in [7, 11) is 0. The van der Waals surface area contributed by atoms with Gasteiger partial charge < -0.3 is 9.13 Å². The standard InChI is InChI=1S/C43H27N3/c44-28-31-11-1-2-12-33(31)29-21-23-30(24-22-29)34-26-25-32(45-39-17-7-3-13-35(39)36-14-4-8-18-40(36)45)27-43(34)46-41-19-9-5-15-37(41)38-16-6-10-20-42(38)46/h1-27H. The van der Waals surface area contributed by atoms with Gasteiger partial charge in [-0.05, 0) is 59.2 Å². The number of benzene rings is 7. The van der Waals surface area contributed by atoms with Gasteiger partial charge in [-0.25, -0.2) is 0 Å². The van der Waals surface area contributed by atoms with Gasteiger partial charge in [-0.15, -0.1) is 0 Å². The monoisotopic (exact) mass is 585 g/mol. The maximum atomic E-state index is 9.71. The van der Waals surface area contributed by atoms with Gasteiger partial charge in [0.25, 0.3) is 0 Å². The van der Waals surface area contributed by atoms with Gasteiger partial charge in [0.15, 0.2) is 0 Å². The maximum Gasteiger partial charge on any atom is 0.0998 e. The van der Waals surface area contributed by atoms with Crippen LogP contribution in [0.3, 0.4) is 0 Å². The van der Waals surface area contributed by atoms with E-state index in [1.807, 2.05) is 24.3 Å². The first-order valence-corrected chi connectivity index (χ1v) is 15.5. The van der Waals surface area contributed by atoms with E-state index in [0.717, 1.165) is 33.6 Å². The van der Waals surface area contributed by atoms with Crippen molar-refractivity contribution in [1.29, 1.82) is 5.26 Å². The van der Waals surface area contributed by atoms with Crippen molar-refractivity contribution in [1.82, 2.24) is 9.13 Å². The van der Waals surface area contributed by atoms with E-state index in [4.69, 9.17) is 0 Å². The Morgan fingerprint density at radius 3 is 1.35 bits per heavy atom. The van der Waals surface area contributed by atoms with E-state index in [9.17, 15) is 5.26 Å². The van der Waals surface area contributed by atoms with Gasteiger partial charge in [-0.2, -0.15) is 5.26 Å². The first-order chi connectivity index (χ1) is 22.8. The maximum absolute atomic E-state index is 9.71. The zero-order valence-electron chi connectivity index (χ0n) is 24.9. The Morgan fingerprint density at radius 1 is 0.391 bits per heavy atom. The third-order valence-electron chi connectivity index (χ3n) is 9.19. The first kappa shape index (κ1) is 26.1. The summed E-state index contributed by atoms with van der Waals surface area (Å²) in [5.74, 6) is 0. The molecular formula is C43H27N3. The Balaban J connectivity index is 1.33. The Hall–Kier alpha value is -6.37. The summed E-state index contributed by atoms with van der Waals surface area (Å²) in [5, 5.41) is 14.7. The fourth-order valence-corrected chi connectivity index (χ4v) is 7.13. The molecule has 0 atom stereocenters. The molecule has 2 heterocycles. The minimum Gasteiger partial charge on any atom is -0.309 e. The zero-order valence-corrected chi connectivity index (χ0v) is 24.9. The van der Waals surface area contributed by atoms with Crippen molar-refractivity contribution >= 4 is 43.6 Å². The normalized spacial score (nSPS) is 11.5. The fraction of sp³-hybridized carbons (Fsp3) is 0. The molecule has 0 radical (unpaired) electrons. The van der Waals surface area contributed by atoms with Crippen LogP contribution in [0.4, 0.5) is 0 Å². The molecule has 3 heteroatoms. The fourth-order valence-electron chi connectivity index (χ4n) is 7.13. The number of hydrogen-bond acceptors (Lipinski definition) is 1. The molecular weight excluding hydrogens is 558 g/mol. The lowest BCUT2D eigenvalue weighted by atomic mass is 9.96. The Bertz CT molecular complexity index is 2540. The van der Waals surface area contributed by atoms with Crippen LogP contribution in [0.15, 0.2) is 164 Å². The second-order valence-corrected chi connectivity index (χ2v) is 11.7. The molecule has 46 heavy (non-hydrogen) atoms. The van der Waals surface area contributed by atoms with Crippen LogP contribution in [-0.4, -0.2) is 9.13 Å². The molecule has 0 aliphatic rings. The summed E-state index contributed by atoms with van der Waals surface area (Å²) in [5.41, 5.74) is 11.8. The molecule has 0 unspecified atom stereocenters. The van der Waals surface area contributed by atoms with Crippen molar-refractivity contribution in [2.45, 2.75) is 0 Å². The molecule has 3 nitrogen and oxygen atoms in total. The van der Waals surface area contributed by atoms with Crippen molar-refractivity contribution in [3.8, 4) is 39.7 Å². The van der Waals surface area contributed by atoms with E-state index in [-0.39, 0.29) is 0 Å². The third-order valence-corrected chi connectivity index (χ3v) is 9.19. The molecule has 0 aliphatic heterocycles. The summed E-state index contributed by atoms with van der Waals surface area (Å²) in [6, 6.07) is 60.2. The van der Waals surface area contributed by atoms with E-state index < -0.39 is 0 Å². The van der Waals surface area contributed by atoms with E-state index in [2.05, 4.69) is 155 Å². The molecule has 9 rings (SSSR count). The smallest absolute Gasteiger partial charge is 0.0998 e. The molecule has 0 saturated heterocycles. The van der Waals surface area contributed by atoms with Crippen LogP contribution >= 0.6 is 0 Å². The van der Waals surface area contributed by atoms with Gasteiger partial charge >= 0.3 is 0 Å². The van der Waals surface area contributed by atoms with Gasteiger partial charge in [0.2, 0.25) is 0 Å². The van der Waals surface area contributed by atoms with Crippen LogP contribution in [0.2, 0.25) is 0 Å². The molecule has 0 bridgehead atoms. The third kappa shape index (κ3) is 3.91. The molecule has 0 amide bonds. The number of nitriles is 1. The predicted molar refractivity (Wildman–Crippen MR) is 191 cm³/mol. The molecule has 2 aromatic heterocycles. The molecule has 9 aromatic rings. The van der Waals surface area contributed by atoms with Crippen molar-refractivity contribution in [3.63, 3.8) is 0 Å². The van der Waals surface area contributed by atoms with Crippen LogP contribution in [-0.2, 0) is 0 Å². The minimum absolute atomic E-state index is 0.678. The van der Waals surface area contributed by atoms with Gasteiger partial charge in [0.1, 0.15) is 0 Å². The Kier molecular flexibility index (Phi) is 5.88. The lowest BCUT2D eigenvalue weighted by Crippen LogP contribution is -2.01. The minimum atomic E-state index is 0.678. The number of rotatable bonds is 4. The zero-order chi connectivity index (χ0) is 30.6. The average molecular weight is 586 g/mol. The number of nitrogens with zero attached hydrogens (tertiary/aromatic N) is 3. The summed E-state index contributed by atoms with van der Waals surface area (Å²) >= 11 is 0. The van der Waals surface area contributed by atoms with Crippen LogP contribution in [0, 0.1) is 11.3 Å². The second-order valence-electron chi connectivity index (χ2n) is 11.7. The predicted octanol–water partition coefficient (Wildman–Crippen LogP) is 11.1. The molecule has 0 spiro atoms. The van der Waals surface area contributed by atoms with Crippen molar-refractivity contribution < 1.29 is 0 Å². The lowest BCUT2D eigenvalue weighted by Gasteiger charge is -2.18. The van der Waals surface area contributed by atoms with Crippen LogP contribution in [0.1, 0.15) is 5.56 Å². The largest absolute Gasteiger partial charge is 0.309 e. The van der Waals surface area contributed by atoms with E-state index in [0.29, 0.717) is 5.56 Å². The lowest BCUT2D eigenvalue weighted by molar-refractivity contribution is 1.14. The Labute approximate surface area is 266 Å². The number of hydrogen-bond donors (Lipinski definition) is 0. The summed E-state index contributed by atoms with van der Waals surface area (Å²) in [6.07, 6.45) is 0. The van der Waals surface area contributed by atoms with Crippen molar-refractivity contribution in [3.05, 3.63) is 169 Å². The molecule has 0 N–H and O–H groups in total. The van der Waals surface area contributed by atoms with Crippen LogP contribution in [0.5, 0.6) is 0 Å². The number of para-hydroxylation sites is 4. The SMILES string of the molecule is N#Cc1ccccc1-c1ccc(-c2ccc(-n3c4ccccc4c4ccccc43)cc2-n2c3ccccc3c3ccccc32)cc1. The van der Waals surface area contributed by atoms with Crippen molar-refractivity contribution in [2.24, 2.45) is 0 Å². The molecule has 0 aliphatic carbocycles. The first-order valence-electron chi connectivity index (χ1n) is 15.5. The summed E-state index contributed by atoms with van der Waals surface area (Å²) in [4.78, 5) is 0. The summed E-state index contributed by atoms with van der Waals surface area (Å²) in [6.45, 7) is 0. The highest BCUT2D eigenvalue weighted by Gasteiger charge is 2.18. The molecule has 214 valence electrons. The van der Waals surface area contributed by atoms with Gasteiger partial charge in [-0.3, -0.25) is 0 Å². The number of aromatic nitrogens is 2.